The predicted molar refractivity (Wildman–Crippen MR) is 111 cm³/mol. The van der Waals surface area contributed by atoms with Crippen molar-refractivity contribution in [2.75, 3.05) is 32.8 Å². The van der Waals surface area contributed by atoms with Crippen LogP contribution in [0.15, 0.2) is 41.3 Å². The monoisotopic (exact) mass is 454 g/mol. The topological polar surface area (TPSA) is 66.9 Å². The molecule has 0 unspecified atom stereocenters. The zero-order valence-electron chi connectivity index (χ0n) is 15.6. The van der Waals surface area contributed by atoms with Gasteiger partial charge in [0.15, 0.2) is 0 Å². The van der Waals surface area contributed by atoms with Crippen LogP contribution in [0.2, 0.25) is 10.0 Å². The summed E-state index contributed by atoms with van der Waals surface area (Å²) >= 11 is 12.5. The van der Waals surface area contributed by atoms with Gasteiger partial charge >= 0.3 is 0 Å². The molecule has 6 nitrogen and oxygen atoms in total. The highest BCUT2D eigenvalue weighted by Gasteiger charge is 2.31. The molecule has 1 amide bonds. The Hall–Kier alpha value is -1.64. The standard InChI is InChI=1S/C20H20Cl2N2O4S/c21-17-12-18(22)19(29(26,27)24-7-9-28-10-8-24)11-16(17)20(25)23-6-5-14-3-1-2-4-15(14)13-23/h1-4,11-12H,5-10,13H2. The third-order valence-corrected chi connectivity index (χ3v) is 7.93. The number of amides is 1. The lowest BCUT2D eigenvalue weighted by atomic mass is 9.99. The number of hydrogen-bond acceptors (Lipinski definition) is 4. The lowest BCUT2D eigenvalue weighted by Crippen LogP contribution is -2.41. The normalized spacial score (nSPS) is 17.8. The van der Waals surface area contributed by atoms with Crippen molar-refractivity contribution in [3.8, 4) is 0 Å². The molecule has 0 N–H and O–H groups in total. The third-order valence-electron chi connectivity index (χ3n) is 5.26. The predicted octanol–water partition coefficient (Wildman–Crippen LogP) is 3.21. The Morgan fingerprint density at radius 3 is 2.38 bits per heavy atom. The second-order valence-electron chi connectivity index (χ2n) is 7.02. The molecule has 0 aromatic heterocycles. The highest BCUT2D eigenvalue weighted by molar-refractivity contribution is 7.89. The summed E-state index contributed by atoms with van der Waals surface area (Å²) in [7, 11) is -3.85. The fourth-order valence-electron chi connectivity index (χ4n) is 3.66. The molecule has 0 spiro atoms. The van der Waals surface area contributed by atoms with Gasteiger partial charge in [0, 0.05) is 26.2 Å². The van der Waals surface area contributed by atoms with E-state index in [2.05, 4.69) is 6.07 Å². The molecule has 2 heterocycles. The molecule has 0 atom stereocenters. The average Bonchev–Trinajstić information content (AvgIpc) is 2.73. The van der Waals surface area contributed by atoms with E-state index in [1.807, 2.05) is 18.2 Å². The van der Waals surface area contributed by atoms with E-state index in [9.17, 15) is 13.2 Å². The summed E-state index contributed by atoms with van der Waals surface area (Å²) in [5.74, 6) is -0.306. The van der Waals surface area contributed by atoms with Gasteiger partial charge in [0.25, 0.3) is 5.91 Å². The summed E-state index contributed by atoms with van der Waals surface area (Å²) in [6.45, 7) is 2.13. The quantitative estimate of drug-likeness (QED) is 0.713. The molecular weight excluding hydrogens is 435 g/mol. The fourth-order valence-corrected chi connectivity index (χ4v) is 5.89. The van der Waals surface area contributed by atoms with Gasteiger partial charge in [-0.3, -0.25) is 4.79 Å². The number of benzene rings is 2. The van der Waals surface area contributed by atoms with Crippen LogP contribution in [0.25, 0.3) is 0 Å². The molecule has 2 aromatic carbocycles. The van der Waals surface area contributed by atoms with Crippen LogP contribution in [0.5, 0.6) is 0 Å². The minimum Gasteiger partial charge on any atom is -0.379 e. The van der Waals surface area contributed by atoms with Crippen LogP contribution in [0.4, 0.5) is 0 Å². The first-order valence-electron chi connectivity index (χ1n) is 9.31. The van der Waals surface area contributed by atoms with Crippen molar-refractivity contribution < 1.29 is 17.9 Å². The molecule has 1 saturated heterocycles. The number of rotatable bonds is 3. The fraction of sp³-hybridized carbons (Fsp3) is 0.350. The molecule has 0 radical (unpaired) electrons. The van der Waals surface area contributed by atoms with Gasteiger partial charge in [-0.05, 0) is 29.7 Å². The van der Waals surface area contributed by atoms with Crippen LogP contribution in [0.3, 0.4) is 0 Å². The van der Waals surface area contributed by atoms with Crippen LogP contribution < -0.4 is 0 Å². The molecule has 2 aliphatic rings. The summed E-state index contributed by atoms with van der Waals surface area (Å²) in [4.78, 5) is 14.7. The molecule has 2 aromatic rings. The molecule has 9 heteroatoms. The van der Waals surface area contributed by atoms with Gasteiger partial charge in [0.1, 0.15) is 4.90 Å². The highest BCUT2D eigenvalue weighted by Crippen LogP contribution is 2.32. The van der Waals surface area contributed by atoms with Crippen molar-refractivity contribution in [1.82, 2.24) is 9.21 Å². The Bertz CT molecular complexity index is 1050. The lowest BCUT2D eigenvalue weighted by molar-refractivity contribution is 0.0727. The second-order valence-corrected chi connectivity index (χ2v) is 9.75. The van der Waals surface area contributed by atoms with Crippen molar-refractivity contribution in [3.05, 3.63) is 63.1 Å². The molecule has 1 fully saturated rings. The first kappa shape index (κ1) is 20.6. The van der Waals surface area contributed by atoms with Crippen LogP contribution in [-0.4, -0.2) is 56.4 Å². The number of morpholine rings is 1. The van der Waals surface area contributed by atoms with E-state index in [0.717, 1.165) is 12.0 Å². The number of ether oxygens (including phenoxy) is 1. The van der Waals surface area contributed by atoms with Crippen molar-refractivity contribution in [3.63, 3.8) is 0 Å². The zero-order valence-corrected chi connectivity index (χ0v) is 17.9. The number of carbonyl (C=O) groups is 1. The van der Waals surface area contributed by atoms with Gasteiger partial charge in [-0.15, -0.1) is 0 Å². The Balaban J connectivity index is 1.66. The SMILES string of the molecule is O=C(c1cc(S(=O)(=O)N2CCOCC2)c(Cl)cc1Cl)N1CCc2ccccc2C1. The summed E-state index contributed by atoms with van der Waals surface area (Å²) in [6.07, 6.45) is 0.742. The van der Waals surface area contributed by atoms with Gasteiger partial charge < -0.3 is 9.64 Å². The summed E-state index contributed by atoms with van der Waals surface area (Å²) in [5, 5.41) is 0.141. The van der Waals surface area contributed by atoms with E-state index in [1.165, 1.54) is 22.0 Å². The average molecular weight is 455 g/mol. The van der Waals surface area contributed by atoms with Crippen molar-refractivity contribution in [1.29, 1.82) is 0 Å². The molecule has 0 saturated carbocycles. The van der Waals surface area contributed by atoms with Crippen molar-refractivity contribution >= 4 is 39.1 Å². The molecule has 0 aliphatic carbocycles. The van der Waals surface area contributed by atoms with E-state index >= 15 is 0 Å². The number of sulfonamides is 1. The first-order chi connectivity index (χ1) is 13.9. The summed E-state index contributed by atoms with van der Waals surface area (Å²) in [6, 6.07) is 10.6. The Kier molecular flexibility index (Phi) is 5.86. The van der Waals surface area contributed by atoms with Gasteiger partial charge in [-0.1, -0.05) is 47.5 Å². The lowest BCUT2D eigenvalue weighted by Gasteiger charge is -2.30. The maximum atomic E-state index is 13.2. The zero-order chi connectivity index (χ0) is 20.6. The van der Waals surface area contributed by atoms with E-state index < -0.39 is 10.0 Å². The maximum Gasteiger partial charge on any atom is 0.255 e. The minimum atomic E-state index is -3.85. The van der Waals surface area contributed by atoms with Crippen LogP contribution in [0.1, 0.15) is 21.5 Å². The maximum absolute atomic E-state index is 13.2. The molecular formula is C20H20Cl2N2O4S. The van der Waals surface area contributed by atoms with Crippen LogP contribution in [-0.2, 0) is 27.7 Å². The minimum absolute atomic E-state index is 0.00188. The van der Waals surface area contributed by atoms with Crippen LogP contribution in [0, 0.1) is 0 Å². The second kappa shape index (κ2) is 8.24. The largest absolute Gasteiger partial charge is 0.379 e. The van der Waals surface area contributed by atoms with Crippen molar-refractivity contribution in [2.45, 2.75) is 17.9 Å². The number of nitrogens with zero attached hydrogens (tertiary/aromatic N) is 2. The number of halogens is 2. The van der Waals surface area contributed by atoms with Gasteiger partial charge in [-0.2, -0.15) is 4.31 Å². The Morgan fingerprint density at radius 1 is 0.966 bits per heavy atom. The number of hydrogen-bond donors (Lipinski definition) is 0. The molecule has 0 bridgehead atoms. The Morgan fingerprint density at radius 2 is 1.66 bits per heavy atom. The van der Waals surface area contributed by atoms with Gasteiger partial charge in [-0.25, -0.2) is 8.42 Å². The first-order valence-corrected chi connectivity index (χ1v) is 11.5. The highest BCUT2D eigenvalue weighted by atomic mass is 35.5. The van der Waals surface area contributed by atoms with E-state index in [0.29, 0.717) is 26.3 Å². The van der Waals surface area contributed by atoms with Gasteiger partial charge in [0.05, 0.1) is 28.8 Å². The molecule has 4 rings (SSSR count). The summed E-state index contributed by atoms with van der Waals surface area (Å²) < 4.78 is 32.6. The van der Waals surface area contributed by atoms with E-state index in [1.54, 1.807) is 4.90 Å². The Labute approximate surface area is 180 Å². The molecule has 2 aliphatic heterocycles. The van der Waals surface area contributed by atoms with E-state index in [-0.39, 0.29) is 39.5 Å². The van der Waals surface area contributed by atoms with Crippen molar-refractivity contribution in [2.24, 2.45) is 0 Å². The van der Waals surface area contributed by atoms with E-state index in [4.69, 9.17) is 27.9 Å². The van der Waals surface area contributed by atoms with Gasteiger partial charge in [0.2, 0.25) is 10.0 Å². The number of carbonyl (C=O) groups excluding carboxylic acids is 1. The molecule has 29 heavy (non-hydrogen) atoms. The molecule has 154 valence electrons. The number of fused-ring (bicyclic) bond motifs is 1. The summed E-state index contributed by atoms with van der Waals surface area (Å²) in [5.41, 5.74) is 2.44. The van der Waals surface area contributed by atoms with Crippen LogP contribution >= 0.6 is 23.2 Å². The third kappa shape index (κ3) is 4.02. The smallest absolute Gasteiger partial charge is 0.255 e.